The van der Waals surface area contributed by atoms with Crippen LogP contribution in [-0.2, 0) is 0 Å². The molecule has 0 N–H and O–H groups in total. The van der Waals surface area contributed by atoms with Crippen molar-refractivity contribution in [3.63, 3.8) is 0 Å². The van der Waals surface area contributed by atoms with Crippen molar-refractivity contribution < 1.29 is 0 Å². The summed E-state index contributed by atoms with van der Waals surface area (Å²) in [7, 11) is 0. The molecular weight excluding hydrogens is 1530 g/mol. The molecule has 10 heteroatoms. The van der Waals surface area contributed by atoms with E-state index in [0.717, 1.165) is 50.5 Å². The molecule has 0 fully saturated rings. The summed E-state index contributed by atoms with van der Waals surface area (Å²) in [5, 5.41) is 22.5. The average molecular weight is 1600 g/mol. The number of nitrogens with zero attached hydrogens (tertiary/aromatic N) is 8. The monoisotopic (exact) mass is 1600 g/mol. The van der Waals surface area contributed by atoms with E-state index in [1.54, 1.807) is 0 Å². The molecule has 18 aromatic carbocycles. The maximum absolute atomic E-state index is 5.01. The summed E-state index contributed by atoms with van der Waals surface area (Å²) in [5.41, 5.74) is 19.3. The lowest BCUT2D eigenvalue weighted by Gasteiger charge is -2.19. The molecule has 0 aliphatic carbocycles. The van der Waals surface area contributed by atoms with Crippen molar-refractivity contribution in [3.8, 4) is 84.9 Å². The van der Waals surface area contributed by atoms with Gasteiger partial charge >= 0.3 is 0 Å². The van der Waals surface area contributed by atoms with Gasteiger partial charge < -0.3 is 9.13 Å². The van der Waals surface area contributed by atoms with Crippen LogP contribution in [0.15, 0.2) is 425 Å². The first-order valence-electron chi connectivity index (χ1n) is 41.5. The molecule has 0 bridgehead atoms. The second-order valence-electron chi connectivity index (χ2n) is 31.3. The standard InChI is InChI=1S/C45H27NS.C35H21N3S.C33H22N4/c1-3-11-30-25-32(19-17-28(30)9-1)42-36-14-5-6-15-37(36)43(33-20-18-29-10-2-4-12-31(29)26-33)40-27-34(21-22-38(40)42)44-45-39(23-24-46-44)35-13-7-8-16-41(35)47-45;1-5-13-29-23(9-1)24-10-2-6-14-30(24)37(29)22-17-18-33-28(21-22)27-19-20-36-35(34(27)39-33)38-31-15-7-3-11-25(31)26-12-4-8-16-32(26)38;1-3-13-23(14-4-1)31-34-32(24-15-5-2-6-16-24)36-33(35-31)27-19-9-12-22-30(27)37-28-20-10-7-17-25(28)26-18-8-11-21-29(26)37/h1-27H;1-21H;1-22H. The van der Waals surface area contributed by atoms with Gasteiger partial charge in [0.25, 0.3) is 0 Å². The molecule has 0 saturated heterocycles. The van der Waals surface area contributed by atoms with E-state index in [1.807, 2.05) is 102 Å². The second-order valence-corrected chi connectivity index (χ2v) is 33.4. The Labute approximate surface area is 714 Å². The molecule has 8 nitrogen and oxygen atoms in total. The van der Waals surface area contributed by atoms with E-state index in [1.165, 1.54) is 166 Å². The van der Waals surface area contributed by atoms with E-state index in [9.17, 15) is 0 Å². The van der Waals surface area contributed by atoms with Crippen molar-refractivity contribution in [1.82, 2.24) is 38.6 Å². The molecular formula is C113H70N8S2. The minimum absolute atomic E-state index is 0.644. The maximum atomic E-state index is 5.01. The quantitative estimate of drug-likeness (QED) is 0.135. The summed E-state index contributed by atoms with van der Waals surface area (Å²) in [6, 6.07) is 147. The first kappa shape index (κ1) is 71.3. The molecule has 26 aromatic rings. The molecule has 0 atom stereocenters. The fourth-order valence-electron chi connectivity index (χ4n) is 18.8. The average Bonchev–Trinajstić information content (AvgIpc) is 1.70. The Morgan fingerprint density at radius 3 is 1.16 bits per heavy atom. The Balaban J connectivity index is 0.000000105. The summed E-state index contributed by atoms with van der Waals surface area (Å²) in [6.45, 7) is 0. The number of rotatable bonds is 9. The van der Waals surface area contributed by atoms with Gasteiger partial charge in [-0.15, -0.1) is 22.7 Å². The Kier molecular flexibility index (Phi) is 17.1. The van der Waals surface area contributed by atoms with Gasteiger partial charge in [-0.25, -0.2) is 19.9 Å². The molecule has 0 aliphatic rings. The fourth-order valence-corrected chi connectivity index (χ4v) is 21.2. The van der Waals surface area contributed by atoms with Crippen LogP contribution in [0.25, 0.3) is 234 Å². The molecule has 26 rings (SSSR count). The highest BCUT2D eigenvalue weighted by atomic mass is 32.1. The Morgan fingerprint density at radius 2 is 0.610 bits per heavy atom. The van der Waals surface area contributed by atoms with Gasteiger partial charge in [0.1, 0.15) is 0 Å². The number of thiophene rings is 2. The molecule has 0 aliphatic heterocycles. The molecule has 0 amide bonds. The number of hydrogen-bond donors (Lipinski definition) is 0. The lowest BCUT2D eigenvalue weighted by Crippen LogP contribution is -2.03. The zero-order valence-corrected chi connectivity index (χ0v) is 67.9. The number of aromatic nitrogens is 8. The molecule has 8 aromatic heterocycles. The van der Waals surface area contributed by atoms with E-state index in [0.29, 0.717) is 17.5 Å². The van der Waals surface area contributed by atoms with Crippen molar-refractivity contribution in [2.45, 2.75) is 0 Å². The highest BCUT2D eigenvalue weighted by molar-refractivity contribution is 7.26. The Bertz CT molecular complexity index is 8520. The third-order valence-corrected chi connectivity index (χ3v) is 26.7. The van der Waals surface area contributed by atoms with Gasteiger partial charge in [-0.3, -0.25) is 9.55 Å². The van der Waals surface area contributed by atoms with Crippen molar-refractivity contribution in [2.75, 3.05) is 0 Å². The van der Waals surface area contributed by atoms with Crippen molar-refractivity contribution in [2.24, 2.45) is 0 Å². The topological polar surface area (TPSA) is 79.2 Å². The van der Waals surface area contributed by atoms with Gasteiger partial charge in [-0.05, 0) is 168 Å². The predicted molar refractivity (Wildman–Crippen MR) is 520 cm³/mol. The van der Waals surface area contributed by atoms with Gasteiger partial charge in [0.05, 0.1) is 53.9 Å². The Morgan fingerprint density at radius 1 is 0.211 bits per heavy atom. The van der Waals surface area contributed by atoms with Crippen LogP contribution in [0.2, 0.25) is 0 Å². The number of benzene rings is 18. The summed E-state index contributed by atoms with van der Waals surface area (Å²) >= 11 is 3.66. The third-order valence-electron chi connectivity index (χ3n) is 24.3. The molecule has 0 spiro atoms. The number of hydrogen-bond acceptors (Lipinski definition) is 7. The Hall–Kier alpha value is -15.9. The summed E-state index contributed by atoms with van der Waals surface area (Å²) in [6.07, 6.45) is 3.92. The zero-order chi connectivity index (χ0) is 81.0. The summed E-state index contributed by atoms with van der Waals surface area (Å²) in [4.78, 5) is 24.8. The van der Waals surface area contributed by atoms with Crippen LogP contribution in [0, 0.1) is 0 Å². The molecule has 574 valence electrons. The molecule has 0 radical (unpaired) electrons. The largest absolute Gasteiger partial charge is 0.309 e. The normalized spacial score (nSPS) is 11.7. The van der Waals surface area contributed by atoms with E-state index < -0.39 is 0 Å². The van der Waals surface area contributed by atoms with Gasteiger partial charge in [0, 0.05) is 104 Å². The fraction of sp³-hybridized carbons (Fsp3) is 0. The predicted octanol–water partition coefficient (Wildman–Crippen LogP) is 30.7. The van der Waals surface area contributed by atoms with Crippen molar-refractivity contribution in [1.29, 1.82) is 0 Å². The molecule has 0 saturated carbocycles. The van der Waals surface area contributed by atoms with E-state index in [2.05, 4.69) is 359 Å². The van der Waals surface area contributed by atoms with Crippen LogP contribution in [-0.4, -0.2) is 38.6 Å². The first-order chi connectivity index (χ1) is 61.0. The second kappa shape index (κ2) is 29.6. The minimum atomic E-state index is 0.644. The number of pyridine rings is 2. The summed E-state index contributed by atoms with van der Waals surface area (Å²) in [5.74, 6) is 2.94. The van der Waals surface area contributed by atoms with E-state index in [4.69, 9.17) is 24.9 Å². The number of fused-ring (bicyclic) bond motifs is 19. The SMILES string of the molecule is c1ccc(-c2nc(-c3ccccc3)nc(-c3ccccc3-n3c4ccccc4c4ccccc43)n2)cc1.c1ccc2c(c1)c1ccccc1n2-c1ccc2sc3c(-n4c5ccccc5c5ccccc54)nccc3c2c1.c1ccc2cc(-c3c4ccccc4c(-c4ccc5ccccc5c4)c4cc(-c5nccc6c5sc5ccccc56)ccc34)ccc2c1. The van der Waals surface area contributed by atoms with Gasteiger partial charge in [-0.1, -0.05) is 309 Å². The lowest BCUT2D eigenvalue weighted by atomic mass is 9.84. The lowest BCUT2D eigenvalue weighted by molar-refractivity contribution is 1.06. The third kappa shape index (κ3) is 12.0. The molecule has 0 unspecified atom stereocenters. The van der Waals surface area contributed by atoms with Crippen molar-refractivity contribution in [3.05, 3.63) is 425 Å². The van der Waals surface area contributed by atoms with Crippen LogP contribution in [0.3, 0.4) is 0 Å². The maximum Gasteiger partial charge on any atom is 0.166 e. The molecule has 8 heterocycles. The highest BCUT2D eigenvalue weighted by Gasteiger charge is 2.25. The van der Waals surface area contributed by atoms with Crippen LogP contribution < -0.4 is 0 Å². The summed E-state index contributed by atoms with van der Waals surface area (Å²) < 4.78 is 12.0. The number of para-hydroxylation sites is 7. The highest BCUT2D eigenvalue weighted by Crippen LogP contribution is 2.49. The molecule has 123 heavy (non-hydrogen) atoms. The minimum Gasteiger partial charge on any atom is -0.309 e. The van der Waals surface area contributed by atoms with Crippen LogP contribution >= 0.6 is 22.7 Å². The zero-order valence-electron chi connectivity index (χ0n) is 66.3. The van der Waals surface area contributed by atoms with Gasteiger partial charge in [0.15, 0.2) is 23.3 Å². The van der Waals surface area contributed by atoms with E-state index in [-0.39, 0.29) is 0 Å². The van der Waals surface area contributed by atoms with Gasteiger partial charge in [-0.2, -0.15) is 0 Å². The van der Waals surface area contributed by atoms with E-state index >= 15 is 0 Å². The van der Waals surface area contributed by atoms with Crippen LogP contribution in [0.5, 0.6) is 0 Å². The van der Waals surface area contributed by atoms with Crippen LogP contribution in [0.1, 0.15) is 0 Å². The van der Waals surface area contributed by atoms with Crippen LogP contribution in [0.4, 0.5) is 0 Å². The first-order valence-corrected chi connectivity index (χ1v) is 43.1. The van der Waals surface area contributed by atoms with Crippen molar-refractivity contribution >= 4 is 172 Å². The van der Waals surface area contributed by atoms with Gasteiger partial charge in [0.2, 0.25) is 0 Å². The smallest absolute Gasteiger partial charge is 0.166 e.